The average molecular weight is 269 g/mol. The van der Waals surface area contributed by atoms with Crippen LogP contribution in [0.5, 0.6) is 0 Å². The number of nitrogens with one attached hydrogen (secondary N) is 1. The van der Waals surface area contributed by atoms with Crippen LogP contribution in [0.2, 0.25) is 0 Å². The predicted molar refractivity (Wildman–Crippen MR) is 79.9 cm³/mol. The molecule has 0 aromatic carbocycles. The van der Waals surface area contributed by atoms with Gasteiger partial charge in [-0.1, -0.05) is 20.8 Å². The lowest BCUT2D eigenvalue weighted by Gasteiger charge is -2.25. The quantitative estimate of drug-likeness (QED) is 0.697. The highest BCUT2D eigenvalue weighted by molar-refractivity contribution is 7.09. The minimum atomic E-state index is 0.637. The van der Waals surface area contributed by atoms with Crippen molar-refractivity contribution in [2.45, 2.75) is 59.7 Å². The van der Waals surface area contributed by atoms with Crippen molar-refractivity contribution in [3.05, 3.63) is 16.1 Å². The molecule has 3 nitrogen and oxygen atoms in total. The Labute approximate surface area is 116 Å². The lowest BCUT2D eigenvalue weighted by atomic mass is 10.2. The van der Waals surface area contributed by atoms with Gasteiger partial charge < -0.3 is 5.32 Å². The van der Waals surface area contributed by atoms with Crippen LogP contribution < -0.4 is 5.32 Å². The summed E-state index contributed by atoms with van der Waals surface area (Å²) in [4.78, 5) is 7.19. The third-order valence-electron chi connectivity index (χ3n) is 3.29. The zero-order chi connectivity index (χ0) is 13.4. The van der Waals surface area contributed by atoms with E-state index < -0.39 is 0 Å². The van der Waals surface area contributed by atoms with Crippen LogP contribution in [0.15, 0.2) is 5.38 Å². The first-order valence-corrected chi connectivity index (χ1v) is 7.97. The Kier molecular flexibility index (Phi) is 7.47. The second-order valence-electron chi connectivity index (χ2n) is 4.73. The Balaban J connectivity index is 2.46. The molecule has 0 aliphatic rings. The molecular weight excluding hydrogens is 242 g/mol. The highest BCUT2D eigenvalue weighted by Gasteiger charge is 2.12. The van der Waals surface area contributed by atoms with Gasteiger partial charge in [-0.15, -0.1) is 11.3 Å². The van der Waals surface area contributed by atoms with Gasteiger partial charge in [-0.25, -0.2) is 4.98 Å². The fourth-order valence-electron chi connectivity index (χ4n) is 1.92. The third-order valence-corrected chi connectivity index (χ3v) is 4.19. The number of aromatic nitrogens is 1. The van der Waals surface area contributed by atoms with Crippen LogP contribution in [0.25, 0.3) is 0 Å². The molecule has 0 radical (unpaired) electrons. The average Bonchev–Trinajstić information content (AvgIpc) is 2.83. The lowest BCUT2D eigenvalue weighted by molar-refractivity contribution is 0.204. The van der Waals surface area contributed by atoms with Crippen molar-refractivity contribution in [3.63, 3.8) is 0 Å². The maximum absolute atomic E-state index is 4.70. The molecule has 0 bridgehead atoms. The van der Waals surface area contributed by atoms with E-state index >= 15 is 0 Å². The summed E-state index contributed by atoms with van der Waals surface area (Å²) in [7, 11) is 0. The van der Waals surface area contributed by atoms with Gasteiger partial charge in [-0.05, 0) is 32.9 Å². The molecule has 104 valence electrons. The largest absolute Gasteiger partial charge is 0.310 e. The van der Waals surface area contributed by atoms with Gasteiger partial charge in [0.05, 0.1) is 5.69 Å². The van der Waals surface area contributed by atoms with Gasteiger partial charge >= 0.3 is 0 Å². The van der Waals surface area contributed by atoms with Crippen molar-refractivity contribution in [1.82, 2.24) is 15.2 Å². The van der Waals surface area contributed by atoms with Crippen molar-refractivity contribution >= 4 is 11.3 Å². The Bertz CT molecular complexity index is 325. The topological polar surface area (TPSA) is 28.2 Å². The highest BCUT2D eigenvalue weighted by Crippen LogP contribution is 2.14. The summed E-state index contributed by atoms with van der Waals surface area (Å²) in [5.74, 6) is 0. The van der Waals surface area contributed by atoms with E-state index in [0.29, 0.717) is 6.04 Å². The molecule has 1 atom stereocenters. The zero-order valence-corrected chi connectivity index (χ0v) is 13.0. The summed E-state index contributed by atoms with van der Waals surface area (Å²) in [6, 6.07) is 0.637. The molecule has 1 heterocycles. The fraction of sp³-hybridized carbons (Fsp3) is 0.786. The Morgan fingerprint density at radius 3 is 2.78 bits per heavy atom. The first kappa shape index (κ1) is 15.6. The SMILES string of the molecule is CCCNCc1nc(CN(CC)C(C)CC)cs1. The molecule has 0 amide bonds. The van der Waals surface area contributed by atoms with Crippen molar-refractivity contribution in [1.29, 1.82) is 0 Å². The molecule has 1 N–H and O–H groups in total. The van der Waals surface area contributed by atoms with Crippen LogP contribution in [0, 0.1) is 0 Å². The normalized spacial score (nSPS) is 13.2. The van der Waals surface area contributed by atoms with Crippen molar-refractivity contribution < 1.29 is 0 Å². The first-order valence-electron chi connectivity index (χ1n) is 7.09. The van der Waals surface area contributed by atoms with E-state index in [4.69, 9.17) is 4.98 Å². The summed E-state index contributed by atoms with van der Waals surface area (Å²) >= 11 is 1.77. The van der Waals surface area contributed by atoms with Gasteiger partial charge in [-0.3, -0.25) is 4.90 Å². The zero-order valence-electron chi connectivity index (χ0n) is 12.2. The minimum Gasteiger partial charge on any atom is -0.310 e. The number of hydrogen-bond donors (Lipinski definition) is 1. The lowest BCUT2D eigenvalue weighted by Crippen LogP contribution is -2.31. The summed E-state index contributed by atoms with van der Waals surface area (Å²) in [5, 5.41) is 6.81. The van der Waals surface area contributed by atoms with E-state index in [1.807, 2.05) is 0 Å². The second kappa shape index (κ2) is 8.62. The number of nitrogens with zero attached hydrogens (tertiary/aromatic N) is 2. The smallest absolute Gasteiger partial charge is 0.107 e. The van der Waals surface area contributed by atoms with Crippen molar-refractivity contribution in [2.75, 3.05) is 13.1 Å². The van der Waals surface area contributed by atoms with Gasteiger partial charge in [0.15, 0.2) is 0 Å². The van der Waals surface area contributed by atoms with Crippen LogP contribution in [0.1, 0.15) is 51.2 Å². The summed E-state index contributed by atoms with van der Waals surface area (Å²) in [6.45, 7) is 13.0. The number of thiazole rings is 1. The summed E-state index contributed by atoms with van der Waals surface area (Å²) < 4.78 is 0. The van der Waals surface area contributed by atoms with Gasteiger partial charge in [0, 0.05) is 24.5 Å². The van der Waals surface area contributed by atoms with Crippen LogP contribution in [-0.4, -0.2) is 29.0 Å². The number of hydrogen-bond acceptors (Lipinski definition) is 4. The predicted octanol–water partition coefficient (Wildman–Crippen LogP) is 3.26. The molecule has 1 aromatic heterocycles. The van der Waals surface area contributed by atoms with Crippen LogP contribution in [0.3, 0.4) is 0 Å². The summed E-state index contributed by atoms with van der Waals surface area (Å²) in [6.07, 6.45) is 2.37. The highest BCUT2D eigenvalue weighted by atomic mass is 32.1. The molecule has 0 saturated heterocycles. The van der Waals surface area contributed by atoms with Crippen molar-refractivity contribution in [3.8, 4) is 0 Å². The summed E-state index contributed by atoms with van der Waals surface area (Å²) in [5.41, 5.74) is 1.22. The van der Waals surface area contributed by atoms with E-state index in [1.165, 1.54) is 23.5 Å². The van der Waals surface area contributed by atoms with Gasteiger partial charge in [0.2, 0.25) is 0 Å². The fourth-order valence-corrected chi connectivity index (χ4v) is 2.68. The molecule has 18 heavy (non-hydrogen) atoms. The molecular formula is C14H27N3S. The molecule has 1 unspecified atom stereocenters. The minimum absolute atomic E-state index is 0.637. The first-order chi connectivity index (χ1) is 8.71. The van der Waals surface area contributed by atoms with E-state index in [1.54, 1.807) is 11.3 Å². The van der Waals surface area contributed by atoms with Gasteiger partial charge in [-0.2, -0.15) is 0 Å². The van der Waals surface area contributed by atoms with Crippen LogP contribution in [0.4, 0.5) is 0 Å². The van der Waals surface area contributed by atoms with E-state index in [2.05, 4.69) is 43.3 Å². The molecule has 0 saturated carbocycles. The number of rotatable bonds is 9. The van der Waals surface area contributed by atoms with Crippen LogP contribution >= 0.6 is 11.3 Å². The maximum atomic E-state index is 4.70. The molecule has 4 heteroatoms. The Morgan fingerprint density at radius 2 is 2.17 bits per heavy atom. The molecule has 1 rings (SSSR count). The molecule has 1 aromatic rings. The molecule has 0 fully saturated rings. The Hall–Kier alpha value is -0.450. The van der Waals surface area contributed by atoms with E-state index in [9.17, 15) is 0 Å². The third kappa shape index (κ3) is 5.04. The maximum Gasteiger partial charge on any atom is 0.107 e. The monoisotopic (exact) mass is 269 g/mol. The Morgan fingerprint density at radius 1 is 1.39 bits per heavy atom. The molecule has 0 aliphatic heterocycles. The second-order valence-corrected chi connectivity index (χ2v) is 5.67. The standard InChI is InChI=1S/C14H27N3S/c1-5-8-15-9-14-16-13(11-18-14)10-17(7-3)12(4)6-2/h11-12,15H,5-10H2,1-4H3. The molecule has 0 spiro atoms. The van der Waals surface area contributed by atoms with E-state index in [0.717, 1.165) is 26.2 Å². The van der Waals surface area contributed by atoms with E-state index in [-0.39, 0.29) is 0 Å². The van der Waals surface area contributed by atoms with Gasteiger partial charge in [0.1, 0.15) is 5.01 Å². The van der Waals surface area contributed by atoms with Gasteiger partial charge in [0.25, 0.3) is 0 Å². The molecule has 0 aliphatic carbocycles. The van der Waals surface area contributed by atoms with Crippen LogP contribution in [-0.2, 0) is 13.1 Å². The van der Waals surface area contributed by atoms with Crippen molar-refractivity contribution in [2.24, 2.45) is 0 Å².